The Balaban J connectivity index is 1.49. The molecule has 3 aromatic heterocycles. The number of alkyl halides is 3. The Hall–Kier alpha value is -5.13. The average Bonchev–Trinajstić information content (AvgIpc) is 3.41. The number of aryl methyl sites for hydroxylation is 2. The number of nitrogens with zero attached hydrogens (tertiary/aromatic N) is 4. The van der Waals surface area contributed by atoms with Crippen LogP contribution >= 0.6 is 0 Å². The number of anilines is 3. The van der Waals surface area contributed by atoms with Gasteiger partial charge >= 0.3 is 6.18 Å². The molecule has 1 amide bonds. The van der Waals surface area contributed by atoms with Gasteiger partial charge in [-0.3, -0.25) is 9.59 Å². The van der Waals surface area contributed by atoms with Gasteiger partial charge in [-0.25, -0.2) is 9.67 Å². The molecule has 0 saturated heterocycles. The zero-order chi connectivity index (χ0) is 29.3. The maximum Gasteiger partial charge on any atom is 0.416 e. The number of amides is 1. The van der Waals surface area contributed by atoms with Crippen LogP contribution in [-0.2, 0) is 19.8 Å². The highest BCUT2D eigenvalue weighted by Crippen LogP contribution is 2.31. The van der Waals surface area contributed by atoms with E-state index in [4.69, 9.17) is 4.74 Å². The molecule has 41 heavy (non-hydrogen) atoms. The number of benzene rings is 2. The predicted molar refractivity (Wildman–Crippen MR) is 150 cm³/mol. The molecule has 0 aliphatic heterocycles. The summed E-state index contributed by atoms with van der Waals surface area (Å²) in [7, 11) is 3.07. The Morgan fingerprint density at radius 2 is 1.88 bits per heavy atom. The molecule has 9 nitrogen and oxygen atoms in total. The van der Waals surface area contributed by atoms with Gasteiger partial charge in [0.05, 0.1) is 24.4 Å². The van der Waals surface area contributed by atoms with Crippen LogP contribution in [-0.4, -0.2) is 32.3 Å². The van der Waals surface area contributed by atoms with Gasteiger partial charge in [0, 0.05) is 60.2 Å². The third-order valence-corrected chi connectivity index (χ3v) is 6.54. The SMILES string of the molecule is CCn1nccc1Nc1cc2c(cn1)cc(-c1cc(NC(=O)c3cccc(C(F)(F)F)c3)cc(OC)c1)c(=O)n2C. The number of hydrogen-bond acceptors (Lipinski definition) is 6. The van der Waals surface area contributed by atoms with Crippen LogP contribution in [0, 0.1) is 0 Å². The minimum absolute atomic E-state index is 0.164. The molecule has 2 aromatic carbocycles. The van der Waals surface area contributed by atoms with E-state index in [9.17, 15) is 22.8 Å². The summed E-state index contributed by atoms with van der Waals surface area (Å²) in [5, 5.41) is 10.7. The number of ether oxygens (including phenoxy) is 1. The maximum atomic E-state index is 13.5. The minimum atomic E-state index is -4.58. The number of pyridine rings is 2. The summed E-state index contributed by atoms with van der Waals surface area (Å²) in [5.41, 5.74) is 0.244. The first-order valence-electron chi connectivity index (χ1n) is 12.5. The fraction of sp³-hybridized carbons (Fsp3) is 0.172. The summed E-state index contributed by atoms with van der Waals surface area (Å²) in [6.45, 7) is 2.64. The second-order valence-corrected chi connectivity index (χ2v) is 9.19. The molecule has 0 unspecified atom stereocenters. The Kier molecular flexibility index (Phi) is 7.22. The second kappa shape index (κ2) is 10.8. The number of hydrogen-bond donors (Lipinski definition) is 2. The Morgan fingerprint density at radius 3 is 2.61 bits per heavy atom. The first-order chi connectivity index (χ1) is 19.6. The Bertz CT molecular complexity index is 1830. The molecular formula is C29H25F3N6O3. The Labute approximate surface area is 232 Å². The molecule has 0 saturated carbocycles. The van der Waals surface area contributed by atoms with E-state index in [1.165, 1.54) is 29.9 Å². The molecule has 0 fully saturated rings. The van der Waals surface area contributed by atoms with E-state index in [0.29, 0.717) is 40.1 Å². The molecule has 5 rings (SSSR count). The molecule has 0 spiro atoms. The monoisotopic (exact) mass is 562 g/mol. The lowest BCUT2D eigenvalue weighted by Gasteiger charge is -2.14. The van der Waals surface area contributed by atoms with Crippen molar-refractivity contribution in [2.45, 2.75) is 19.6 Å². The van der Waals surface area contributed by atoms with Crippen LogP contribution in [0.1, 0.15) is 22.8 Å². The summed E-state index contributed by atoms with van der Waals surface area (Å²) < 4.78 is 48.0. The van der Waals surface area contributed by atoms with Crippen LogP contribution in [0.4, 0.5) is 30.5 Å². The van der Waals surface area contributed by atoms with Gasteiger partial charge in [-0.15, -0.1) is 0 Å². The zero-order valence-corrected chi connectivity index (χ0v) is 22.3. The highest BCUT2D eigenvalue weighted by Gasteiger charge is 2.31. The van der Waals surface area contributed by atoms with Crippen molar-refractivity contribution >= 4 is 34.1 Å². The fourth-order valence-corrected chi connectivity index (χ4v) is 4.45. The van der Waals surface area contributed by atoms with Crippen LogP contribution in [0.15, 0.2) is 77.9 Å². The van der Waals surface area contributed by atoms with Gasteiger partial charge in [-0.05, 0) is 48.9 Å². The summed E-state index contributed by atoms with van der Waals surface area (Å²) in [6.07, 6.45) is -1.26. The first kappa shape index (κ1) is 27.4. The van der Waals surface area contributed by atoms with E-state index in [1.807, 2.05) is 13.0 Å². The van der Waals surface area contributed by atoms with Gasteiger partial charge in [0.1, 0.15) is 17.4 Å². The number of nitrogens with one attached hydrogen (secondary N) is 2. The van der Waals surface area contributed by atoms with Crippen molar-refractivity contribution in [3.63, 3.8) is 0 Å². The van der Waals surface area contributed by atoms with Crippen molar-refractivity contribution in [2.75, 3.05) is 17.7 Å². The number of rotatable bonds is 7. The number of aromatic nitrogens is 4. The summed E-state index contributed by atoms with van der Waals surface area (Å²) in [5.74, 6) is 0.901. The normalized spacial score (nSPS) is 11.5. The van der Waals surface area contributed by atoms with Gasteiger partial charge in [0.25, 0.3) is 11.5 Å². The highest BCUT2D eigenvalue weighted by atomic mass is 19.4. The van der Waals surface area contributed by atoms with Gasteiger partial charge in [-0.2, -0.15) is 18.3 Å². The Morgan fingerprint density at radius 1 is 1.07 bits per heavy atom. The molecule has 0 aliphatic rings. The molecule has 5 aromatic rings. The van der Waals surface area contributed by atoms with E-state index >= 15 is 0 Å². The molecule has 210 valence electrons. The van der Waals surface area contributed by atoms with Crippen LogP contribution in [0.5, 0.6) is 5.75 Å². The van der Waals surface area contributed by atoms with Crippen LogP contribution in [0.2, 0.25) is 0 Å². The average molecular weight is 563 g/mol. The smallest absolute Gasteiger partial charge is 0.416 e. The summed E-state index contributed by atoms with van der Waals surface area (Å²) in [6, 6.07) is 14.1. The van der Waals surface area contributed by atoms with Crippen LogP contribution < -0.4 is 20.9 Å². The predicted octanol–water partition coefficient (Wildman–Crippen LogP) is 5.84. The number of carbonyl (C=O) groups is 1. The summed E-state index contributed by atoms with van der Waals surface area (Å²) in [4.78, 5) is 30.8. The fourth-order valence-electron chi connectivity index (χ4n) is 4.45. The van der Waals surface area contributed by atoms with Crippen LogP contribution in [0.25, 0.3) is 22.0 Å². The van der Waals surface area contributed by atoms with E-state index < -0.39 is 17.6 Å². The van der Waals surface area contributed by atoms with Crippen molar-refractivity contribution in [2.24, 2.45) is 7.05 Å². The van der Waals surface area contributed by atoms with E-state index in [-0.39, 0.29) is 16.8 Å². The molecule has 0 bridgehead atoms. The molecule has 0 atom stereocenters. The van der Waals surface area contributed by atoms with Gasteiger partial charge in [0.2, 0.25) is 0 Å². The standard InChI is InChI=1S/C29H25F3N6O3/c1-4-38-26(8-9-34-38)36-25-15-24-19(16-33-25)13-23(28(40)37(24)2)18-11-21(14-22(12-18)41-3)35-27(39)17-6-5-7-20(10-17)29(30,31)32/h5-16H,4H2,1-3H3,(H,33,36)(H,35,39). The topological polar surface area (TPSA) is 103 Å². The van der Waals surface area contributed by atoms with Crippen molar-refractivity contribution in [3.05, 3.63) is 94.5 Å². The summed E-state index contributed by atoms with van der Waals surface area (Å²) >= 11 is 0. The number of fused-ring (bicyclic) bond motifs is 1. The number of carbonyl (C=O) groups excluding carboxylic acids is 1. The van der Waals surface area contributed by atoms with Crippen LogP contribution in [0.3, 0.4) is 0 Å². The quantitative estimate of drug-likeness (QED) is 0.258. The highest BCUT2D eigenvalue weighted by molar-refractivity contribution is 6.04. The minimum Gasteiger partial charge on any atom is -0.497 e. The number of halogens is 3. The van der Waals surface area contributed by atoms with Crippen molar-refractivity contribution < 1.29 is 22.7 Å². The molecule has 12 heteroatoms. The largest absolute Gasteiger partial charge is 0.497 e. The van der Waals surface area contributed by atoms with Crippen molar-refractivity contribution in [3.8, 4) is 16.9 Å². The lowest BCUT2D eigenvalue weighted by molar-refractivity contribution is -0.137. The molecular weight excluding hydrogens is 537 g/mol. The van der Waals surface area contributed by atoms with Gasteiger partial charge < -0.3 is 19.9 Å². The van der Waals surface area contributed by atoms with E-state index in [0.717, 1.165) is 18.0 Å². The molecule has 0 radical (unpaired) electrons. The molecule has 3 heterocycles. The molecule has 2 N–H and O–H groups in total. The number of methoxy groups -OCH3 is 1. The zero-order valence-electron chi connectivity index (χ0n) is 22.3. The molecule has 0 aliphatic carbocycles. The maximum absolute atomic E-state index is 13.5. The van der Waals surface area contributed by atoms with Gasteiger partial charge in [0.15, 0.2) is 0 Å². The van der Waals surface area contributed by atoms with Crippen molar-refractivity contribution in [1.29, 1.82) is 0 Å². The second-order valence-electron chi connectivity index (χ2n) is 9.19. The van der Waals surface area contributed by atoms with E-state index in [2.05, 4.69) is 20.7 Å². The third kappa shape index (κ3) is 5.62. The third-order valence-electron chi connectivity index (χ3n) is 6.54. The first-order valence-corrected chi connectivity index (χ1v) is 12.5. The lowest BCUT2D eigenvalue weighted by Crippen LogP contribution is -2.19. The van der Waals surface area contributed by atoms with Crippen molar-refractivity contribution in [1.82, 2.24) is 19.3 Å². The lowest BCUT2D eigenvalue weighted by atomic mass is 10.0. The van der Waals surface area contributed by atoms with E-state index in [1.54, 1.807) is 48.4 Å². The van der Waals surface area contributed by atoms with Gasteiger partial charge in [-0.1, -0.05) is 6.07 Å².